The first kappa shape index (κ1) is 8.33. The normalized spacial score (nSPS) is 42.9. The first-order valence-corrected chi connectivity index (χ1v) is 4.47. The molecule has 0 bridgehead atoms. The standard InChI is InChI=1S/C6H12O3S/c7-4-1-5(8)6(9)3-10-2-4/h4-9H,1-3H2/t4-,5+,6-/m0/s1. The highest BCUT2D eigenvalue weighted by Crippen LogP contribution is 2.17. The molecular formula is C6H12O3S. The summed E-state index contributed by atoms with van der Waals surface area (Å²) >= 11 is 1.48. The Labute approximate surface area is 64.1 Å². The lowest BCUT2D eigenvalue weighted by molar-refractivity contribution is 0.00735. The van der Waals surface area contributed by atoms with Crippen molar-refractivity contribution in [3.63, 3.8) is 0 Å². The molecule has 3 N–H and O–H groups in total. The van der Waals surface area contributed by atoms with Crippen molar-refractivity contribution >= 4 is 11.8 Å². The van der Waals surface area contributed by atoms with Gasteiger partial charge in [0.25, 0.3) is 0 Å². The van der Waals surface area contributed by atoms with Gasteiger partial charge in [0.05, 0.1) is 18.3 Å². The van der Waals surface area contributed by atoms with Crippen LogP contribution in [0.1, 0.15) is 6.42 Å². The second-order valence-corrected chi connectivity index (χ2v) is 3.64. The minimum absolute atomic E-state index is 0.300. The number of rotatable bonds is 0. The lowest BCUT2D eigenvalue weighted by Crippen LogP contribution is -2.29. The van der Waals surface area contributed by atoms with E-state index >= 15 is 0 Å². The van der Waals surface area contributed by atoms with Crippen LogP contribution in [0.3, 0.4) is 0 Å². The fourth-order valence-corrected chi connectivity index (χ4v) is 1.95. The topological polar surface area (TPSA) is 60.7 Å². The van der Waals surface area contributed by atoms with E-state index in [0.717, 1.165) is 0 Å². The average Bonchev–Trinajstić information content (AvgIpc) is 1.96. The molecule has 0 aromatic rings. The molecule has 3 nitrogen and oxygen atoms in total. The molecule has 1 rings (SSSR count). The molecule has 3 atom stereocenters. The van der Waals surface area contributed by atoms with E-state index in [1.165, 1.54) is 11.8 Å². The third kappa shape index (κ3) is 2.12. The minimum Gasteiger partial charge on any atom is -0.392 e. The molecule has 0 aromatic heterocycles. The zero-order valence-corrected chi connectivity index (χ0v) is 6.42. The van der Waals surface area contributed by atoms with Gasteiger partial charge in [0.2, 0.25) is 0 Å². The molecule has 1 saturated heterocycles. The van der Waals surface area contributed by atoms with Crippen LogP contribution >= 0.6 is 11.8 Å². The highest BCUT2D eigenvalue weighted by atomic mass is 32.2. The van der Waals surface area contributed by atoms with Gasteiger partial charge in [-0.15, -0.1) is 0 Å². The Morgan fingerprint density at radius 2 is 1.70 bits per heavy atom. The maximum atomic E-state index is 9.10. The molecule has 0 radical (unpaired) electrons. The Hall–Kier alpha value is 0.230. The minimum atomic E-state index is -0.745. The summed E-state index contributed by atoms with van der Waals surface area (Å²) in [5.41, 5.74) is 0. The fraction of sp³-hybridized carbons (Fsp3) is 1.00. The van der Waals surface area contributed by atoms with Gasteiger partial charge < -0.3 is 15.3 Å². The van der Waals surface area contributed by atoms with Crippen molar-refractivity contribution in [3.8, 4) is 0 Å². The van der Waals surface area contributed by atoms with Gasteiger partial charge in [-0.3, -0.25) is 0 Å². The third-order valence-corrected chi connectivity index (χ3v) is 2.75. The first-order valence-electron chi connectivity index (χ1n) is 3.32. The van der Waals surface area contributed by atoms with Crippen molar-refractivity contribution in [1.29, 1.82) is 0 Å². The Balaban J connectivity index is 2.41. The summed E-state index contributed by atoms with van der Waals surface area (Å²) in [6, 6.07) is 0. The molecule has 1 fully saturated rings. The first-order chi connectivity index (χ1) is 4.70. The summed E-state index contributed by atoms with van der Waals surface area (Å²) in [5, 5.41) is 27.3. The predicted molar refractivity (Wildman–Crippen MR) is 40.0 cm³/mol. The van der Waals surface area contributed by atoms with Crippen LogP contribution in [0.15, 0.2) is 0 Å². The van der Waals surface area contributed by atoms with E-state index in [4.69, 9.17) is 15.3 Å². The van der Waals surface area contributed by atoms with Crippen LogP contribution in [0.2, 0.25) is 0 Å². The predicted octanol–water partition coefficient (Wildman–Crippen LogP) is -0.794. The van der Waals surface area contributed by atoms with Crippen molar-refractivity contribution in [2.45, 2.75) is 24.7 Å². The Kier molecular flexibility index (Phi) is 2.97. The van der Waals surface area contributed by atoms with E-state index in [1.807, 2.05) is 0 Å². The molecule has 0 amide bonds. The zero-order chi connectivity index (χ0) is 7.56. The monoisotopic (exact) mass is 164 g/mol. The van der Waals surface area contributed by atoms with E-state index in [1.54, 1.807) is 0 Å². The quantitative estimate of drug-likeness (QED) is 0.439. The van der Waals surface area contributed by atoms with Crippen LogP contribution in [0, 0.1) is 0 Å². The van der Waals surface area contributed by atoms with Gasteiger partial charge in [0.15, 0.2) is 0 Å². The van der Waals surface area contributed by atoms with Crippen LogP contribution in [0.25, 0.3) is 0 Å². The summed E-state index contributed by atoms with van der Waals surface area (Å²) in [5.74, 6) is 1.15. The van der Waals surface area contributed by atoms with Gasteiger partial charge in [-0.05, 0) is 0 Å². The van der Waals surface area contributed by atoms with Crippen LogP contribution < -0.4 is 0 Å². The van der Waals surface area contributed by atoms with Crippen molar-refractivity contribution in [1.82, 2.24) is 0 Å². The molecule has 1 aliphatic heterocycles. The number of aliphatic hydroxyl groups is 3. The smallest absolute Gasteiger partial charge is 0.0890 e. The molecule has 1 heterocycles. The van der Waals surface area contributed by atoms with Gasteiger partial charge in [0.1, 0.15) is 0 Å². The molecular weight excluding hydrogens is 152 g/mol. The van der Waals surface area contributed by atoms with E-state index in [2.05, 4.69) is 0 Å². The average molecular weight is 164 g/mol. The lowest BCUT2D eigenvalue weighted by atomic mass is 10.1. The number of thioether (sulfide) groups is 1. The molecule has 0 aromatic carbocycles. The molecule has 4 heteroatoms. The SMILES string of the molecule is O[C@@H]1CSC[C@H](O)[C@H](O)C1. The molecule has 0 aliphatic carbocycles. The van der Waals surface area contributed by atoms with Gasteiger partial charge in [-0.25, -0.2) is 0 Å². The van der Waals surface area contributed by atoms with E-state index < -0.39 is 18.3 Å². The van der Waals surface area contributed by atoms with Gasteiger partial charge >= 0.3 is 0 Å². The van der Waals surface area contributed by atoms with Crippen molar-refractivity contribution in [2.75, 3.05) is 11.5 Å². The van der Waals surface area contributed by atoms with Crippen molar-refractivity contribution in [2.24, 2.45) is 0 Å². The third-order valence-electron chi connectivity index (χ3n) is 1.56. The molecule has 1 aliphatic rings. The number of aliphatic hydroxyl groups excluding tert-OH is 3. The molecule has 0 saturated carbocycles. The second kappa shape index (κ2) is 3.57. The molecule has 0 spiro atoms. The van der Waals surface area contributed by atoms with Gasteiger partial charge in [-0.2, -0.15) is 11.8 Å². The Morgan fingerprint density at radius 1 is 1.00 bits per heavy atom. The van der Waals surface area contributed by atoms with E-state index in [0.29, 0.717) is 17.9 Å². The highest BCUT2D eigenvalue weighted by Gasteiger charge is 2.23. The largest absolute Gasteiger partial charge is 0.392 e. The summed E-state index contributed by atoms with van der Waals surface area (Å²) in [6.45, 7) is 0. The van der Waals surface area contributed by atoms with Crippen molar-refractivity contribution in [3.05, 3.63) is 0 Å². The number of hydrogen-bond donors (Lipinski definition) is 3. The summed E-state index contributed by atoms with van der Waals surface area (Å²) in [7, 11) is 0. The van der Waals surface area contributed by atoms with Gasteiger partial charge in [-0.1, -0.05) is 0 Å². The van der Waals surface area contributed by atoms with E-state index in [9.17, 15) is 0 Å². The maximum Gasteiger partial charge on any atom is 0.0890 e. The van der Waals surface area contributed by atoms with Crippen LogP contribution in [-0.2, 0) is 0 Å². The molecule has 60 valence electrons. The molecule has 10 heavy (non-hydrogen) atoms. The van der Waals surface area contributed by atoms with Crippen LogP contribution in [-0.4, -0.2) is 45.1 Å². The zero-order valence-electron chi connectivity index (χ0n) is 5.60. The fourth-order valence-electron chi connectivity index (χ4n) is 0.940. The highest BCUT2D eigenvalue weighted by molar-refractivity contribution is 7.99. The van der Waals surface area contributed by atoms with Crippen LogP contribution in [0.5, 0.6) is 0 Å². The lowest BCUT2D eigenvalue weighted by Gasteiger charge is -2.13. The van der Waals surface area contributed by atoms with Crippen molar-refractivity contribution < 1.29 is 15.3 Å². The summed E-state index contributed by atoms with van der Waals surface area (Å²) < 4.78 is 0. The summed E-state index contributed by atoms with van der Waals surface area (Å²) in [6.07, 6.45) is -1.57. The van der Waals surface area contributed by atoms with E-state index in [-0.39, 0.29) is 0 Å². The number of hydrogen-bond acceptors (Lipinski definition) is 4. The Morgan fingerprint density at radius 3 is 2.40 bits per heavy atom. The maximum absolute atomic E-state index is 9.10. The Bertz CT molecular complexity index is 109. The second-order valence-electron chi connectivity index (χ2n) is 2.56. The summed E-state index contributed by atoms with van der Waals surface area (Å²) in [4.78, 5) is 0. The van der Waals surface area contributed by atoms with Gasteiger partial charge in [0, 0.05) is 17.9 Å². The molecule has 0 unspecified atom stereocenters. The van der Waals surface area contributed by atoms with Crippen LogP contribution in [0.4, 0.5) is 0 Å².